The second-order valence-corrected chi connectivity index (χ2v) is 7.32. The molecule has 0 radical (unpaired) electrons. The van der Waals surface area contributed by atoms with E-state index in [1.807, 2.05) is 0 Å². The van der Waals surface area contributed by atoms with Gasteiger partial charge >= 0.3 is 0 Å². The number of carbonyl (C=O) groups excluding carboxylic acids is 1. The number of ether oxygens (including phenoxy) is 1. The molecule has 2 heterocycles. The summed E-state index contributed by atoms with van der Waals surface area (Å²) in [4.78, 5) is 12.4. The van der Waals surface area contributed by atoms with Crippen LogP contribution in [0, 0.1) is 12.3 Å². The Hall–Kier alpha value is -1.09. The summed E-state index contributed by atoms with van der Waals surface area (Å²) in [5.74, 6) is 0.318. The van der Waals surface area contributed by atoms with Gasteiger partial charge in [-0.15, -0.1) is 0 Å². The van der Waals surface area contributed by atoms with Gasteiger partial charge in [0.25, 0.3) is 0 Å². The lowest BCUT2D eigenvalue weighted by Gasteiger charge is -2.34. The number of fused-ring (bicyclic) bond motifs is 1. The zero-order valence-corrected chi connectivity index (χ0v) is 13.0. The SMILES string of the molecule is Cc1cc2c(n1C1CCOC(C)C1)CC(C)(C)CC2=O. The highest BCUT2D eigenvalue weighted by atomic mass is 16.5. The molecular formula is C17H25NO2. The van der Waals surface area contributed by atoms with Crippen molar-refractivity contribution in [2.45, 2.75) is 65.5 Å². The van der Waals surface area contributed by atoms with Gasteiger partial charge in [0.2, 0.25) is 0 Å². The van der Waals surface area contributed by atoms with Crippen LogP contribution in [-0.2, 0) is 11.2 Å². The first-order valence-corrected chi connectivity index (χ1v) is 7.73. The topological polar surface area (TPSA) is 31.2 Å². The molecule has 1 aliphatic carbocycles. The summed E-state index contributed by atoms with van der Waals surface area (Å²) in [6.07, 6.45) is 4.11. The highest BCUT2D eigenvalue weighted by Gasteiger charge is 2.35. The van der Waals surface area contributed by atoms with Crippen LogP contribution in [0.4, 0.5) is 0 Å². The third-order valence-electron chi connectivity index (χ3n) is 4.74. The van der Waals surface area contributed by atoms with Crippen LogP contribution >= 0.6 is 0 Å². The van der Waals surface area contributed by atoms with Gasteiger partial charge in [0.15, 0.2) is 5.78 Å². The molecule has 3 nitrogen and oxygen atoms in total. The van der Waals surface area contributed by atoms with Gasteiger partial charge in [0.05, 0.1) is 6.10 Å². The molecule has 2 unspecified atom stereocenters. The van der Waals surface area contributed by atoms with E-state index in [0.717, 1.165) is 31.4 Å². The fraction of sp³-hybridized carbons (Fsp3) is 0.706. The minimum atomic E-state index is 0.0867. The largest absolute Gasteiger partial charge is 0.378 e. The third kappa shape index (κ3) is 2.32. The molecule has 0 spiro atoms. The van der Waals surface area contributed by atoms with Crippen LogP contribution in [0.1, 0.15) is 67.8 Å². The van der Waals surface area contributed by atoms with Crippen LogP contribution in [0.15, 0.2) is 6.07 Å². The summed E-state index contributed by atoms with van der Waals surface area (Å²) < 4.78 is 8.11. The molecular weight excluding hydrogens is 250 g/mol. The minimum Gasteiger partial charge on any atom is -0.378 e. The van der Waals surface area contributed by atoms with Crippen molar-refractivity contribution < 1.29 is 9.53 Å². The van der Waals surface area contributed by atoms with E-state index in [1.54, 1.807) is 0 Å². The monoisotopic (exact) mass is 275 g/mol. The lowest BCUT2D eigenvalue weighted by atomic mass is 9.76. The normalized spacial score (nSPS) is 29.3. The molecule has 1 aromatic heterocycles. The van der Waals surface area contributed by atoms with Gasteiger partial charge in [0, 0.05) is 36.0 Å². The summed E-state index contributed by atoms with van der Waals surface area (Å²) in [6.45, 7) is 9.51. The Morgan fingerprint density at radius 1 is 1.35 bits per heavy atom. The van der Waals surface area contributed by atoms with Crippen molar-refractivity contribution in [2.24, 2.45) is 5.41 Å². The maximum absolute atomic E-state index is 12.4. The van der Waals surface area contributed by atoms with E-state index in [1.165, 1.54) is 11.4 Å². The number of aryl methyl sites for hydroxylation is 1. The summed E-state index contributed by atoms with van der Waals surface area (Å²) >= 11 is 0. The van der Waals surface area contributed by atoms with Crippen LogP contribution in [0.25, 0.3) is 0 Å². The number of ketones is 1. The van der Waals surface area contributed by atoms with Crippen LogP contribution in [0.2, 0.25) is 0 Å². The molecule has 1 saturated heterocycles. The lowest BCUT2D eigenvalue weighted by molar-refractivity contribution is 0.00492. The molecule has 0 saturated carbocycles. The maximum Gasteiger partial charge on any atom is 0.165 e. The minimum absolute atomic E-state index is 0.0867. The smallest absolute Gasteiger partial charge is 0.165 e. The van der Waals surface area contributed by atoms with E-state index in [-0.39, 0.29) is 5.41 Å². The molecule has 3 heteroatoms. The molecule has 1 aromatic rings. The number of aromatic nitrogens is 1. The molecule has 1 fully saturated rings. The second kappa shape index (κ2) is 4.73. The first-order chi connectivity index (χ1) is 9.37. The van der Waals surface area contributed by atoms with Gasteiger partial charge in [-0.3, -0.25) is 4.79 Å². The summed E-state index contributed by atoms with van der Waals surface area (Å²) in [6, 6.07) is 2.59. The van der Waals surface area contributed by atoms with Gasteiger partial charge < -0.3 is 9.30 Å². The number of hydrogen-bond donors (Lipinski definition) is 0. The summed E-state index contributed by atoms with van der Waals surface area (Å²) in [7, 11) is 0. The number of nitrogens with zero attached hydrogens (tertiary/aromatic N) is 1. The molecule has 0 amide bonds. The van der Waals surface area contributed by atoms with Crippen LogP contribution in [-0.4, -0.2) is 23.1 Å². The molecule has 0 N–H and O–H groups in total. The van der Waals surface area contributed by atoms with E-state index < -0.39 is 0 Å². The number of carbonyl (C=O) groups is 1. The van der Waals surface area contributed by atoms with Gasteiger partial charge in [-0.05, 0) is 44.6 Å². The molecule has 2 atom stereocenters. The van der Waals surface area contributed by atoms with Gasteiger partial charge in [0.1, 0.15) is 0 Å². The number of rotatable bonds is 1. The Labute approximate surface area is 121 Å². The third-order valence-corrected chi connectivity index (χ3v) is 4.74. The maximum atomic E-state index is 12.4. The van der Waals surface area contributed by atoms with E-state index in [4.69, 9.17) is 4.74 Å². The molecule has 1 aliphatic heterocycles. The second-order valence-electron chi connectivity index (χ2n) is 7.32. The first kappa shape index (κ1) is 13.9. The van der Waals surface area contributed by atoms with Crippen molar-refractivity contribution in [3.63, 3.8) is 0 Å². The molecule has 3 rings (SSSR count). The lowest BCUT2D eigenvalue weighted by Crippen LogP contribution is -2.31. The van der Waals surface area contributed by atoms with Crippen LogP contribution in [0.3, 0.4) is 0 Å². The Morgan fingerprint density at radius 3 is 2.80 bits per heavy atom. The van der Waals surface area contributed by atoms with Crippen molar-refractivity contribution in [2.75, 3.05) is 6.61 Å². The fourth-order valence-corrected chi connectivity index (χ4v) is 3.89. The standard InChI is InChI=1S/C17H25NO2/c1-11-7-14-15(9-17(3,4)10-16(14)19)18(11)13-5-6-20-12(2)8-13/h7,12-13H,5-6,8-10H2,1-4H3. The first-order valence-electron chi connectivity index (χ1n) is 7.73. The van der Waals surface area contributed by atoms with Crippen molar-refractivity contribution in [1.82, 2.24) is 4.57 Å². The average Bonchev–Trinajstić information content (AvgIpc) is 2.64. The highest BCUT2D eigenvalue weighted by molar-refractivity contribution is 5.99. The van der Waals surface area contributed by atoms with Crippen molar-refractivity contribution >= 4 is 5.78 Å². The Morgan fingerprint density at radius 2 is 2.10 bits per heavy atom. The molecule has 0 aromatic carbocycles. The number of Topliss-reactive ketones (excluding diaryl/α,β-unsaturated/α-hetero) is 1. The van der Waals surface area contributed by atoms with Crippen molar-refractivity contribution in [3.05, 3.63) is 23.0 Å². The zero-order chi connectivity index (χ0) is 14.5. The Kier molecular flexibility index (Phi) is 3.28. The van der Waals surface area contributed by atoms with E-state index >= 15 is 0 Å². The molecule has 110 valence electrons. The highest BCUT2D eigenvalue weighted by Crippen LogP contribution is 2.39. The quantitative estimate of drug-likeness (QED) is 0.782. The Balaban J connectivity index is 2.02. The predicted octanol–water partition coefficient (Wildman–Crippen LogP) is 3.69. The fourth-order valence-electron chi connectivity index (χ4n) is 3.89. The van der Waals surface area contributed by atoms with Gasteiger partial charge in [-0.1, -0.05) is 13.8 Å². The van der Waals surface area contributed by atoms with Crippen LogP contribution < -0.4 is 0 Å². The molecule has 20 heavy (non-hydrogen) atoms. The summed E-state index contributed by atoms with van der Waals surface area (Å²) in [5, 5.41) is 0. The Bertz CT molecular complexity index is 541. The average molecular weight is 275 g/mol. The number of hydrogen-bond acceptors (Lipinski definition) is 2. The van der Waals surface area contributed by atoms with Gasteiger partial charge in [-0.2, -0.15) is 0 Å². The molecule has 2 aliphatic rings. The predicted molar refractivity (Wildman–Crippen MR) is 79.3 cm³/mol. The van der Waals surface area contributed by atoms with E-state index in [9.17, 15) is 4.79 Å². The van der Waals surface area contributed by atoms with E-state index in [0.29, 0.717) is 24.3 Å². The van der Waals surface area contributed by atoms with Crippen molar-refractivity contribution in [1.29, 1.82) is 0 Å². The zero-order valence-electron chi connectivity index (χ0n) is 13.0. The van der Waals surface area contributed by atoms with Crippen molar-refractivity contribution in [3.8, 4) is 0 Å². The van der Waals surface area contributed by atoms with E-state index in [2.05, 4.69) is 38.3 Å². The van der Waals surface area contributed by atoms with Crippen LogP contribution in [0.5, 0.6) is 0 Å². The summed E-state index contributed by atoms with van der Waals surface area (Å²) in [5.41, 5.74) is 3.56. The molecule has 0 bridgehead atoms. The van der Waals surface area contributed by atoms with Gasteiger partial charge in [-0.25, -0.2) is 0 Å².